The molecule has 3 aromatic rings. The maximum Gasteiger partial charge on any atom is 0.244 e. The summed E-state index contributed by atoms with van der Waals surface area (Å²) < 4.78 is 24.1. The number of nitrogens with zero attached hydrogens (tertiary/aromatic N) is 2. The van der Waals surface area contributed by atoms with E-state index in [0.29, 0.717) is 29.9 Å². The number of rotatable bonds is 8. The van der Waals surface area contributed by atoms with Gasteiger partial charge in [-0.25, -0.2) is 4.39 Å². The fourth-order valence-corrected chi connectivity index (χ4v) is 5.09. The number of hydrogen-bond donors (Lipinski definition) is 1. The Morgan fingerprint density at radius 3 is 2.86 bits per heavy atom. The first-order chi connectivity index (χ1) is 17.0. The topological polar surface area (TPSA) is 67.6 Å². The Morgan fingerprint density at radius 1 is 1.26 bits per heavy atom. The van der Waals surface area contributed by atoms with Crippen LogP contribution in [0, 0.1) is 17.7 Å². The summed E-state index contributed by atoms with van der Waals surface area (Å²) in [5.41, 5.74) is 3.54. The van der Waals surface area contributed by atoms with Crippen LogP contribution in [0.25, 0.3) is 17.0 Å². The molecule has 35 heavy (non-hydrogen) atoms. The van der Waals surface area contributed by atoms with Crippen LogP contribution in [0.1, 0.15) is 30.0 Å². The second-order valence-electron chi connectivity index (χ2n) is 9.39. The van der Waals surface area contributed by atoms with E-state index in [1.807, 2.05) is 24.3 Å². The number of aromatic nitrogens is 1. The summed E-state index contributed by atoms with van der Waals surface area (Å²) in [7, 11) is 1.62. The minimum atomic E-state index is -0.308. The molecule has 1 aliphatic carbocycles. The highest BCUT2D eigenvalue weighted by Gasteiger charge is 2.43. The highest BCUT2D eigenvalue weighted by molar-refractivity contribution is 5.92. The summed E-state index contributed by atoms with van der Waals surface area (Å²) in [6, 6.07) is 12.2. The molecule has 2 aliphatic rings. The highest BCUT2D eigenvalue weighted by atomic mass is 19.1. The molecule has 0 bridgehead atoms. The van der Waals surface area contributed by atoms with Crippen LogP contribution in [-0.4, -0.2) is 49.3 Å². The van der Waals surface area contributed by atoms with Crippen molar-refractivity contribution in [1.29, 1.82) is 0 Å². The number of methoxy groups -OCH3 is 1. The first-order valence-electron chi connectivity index (χ1n) is 12.1. The molecule has 2 aromatic carbocycles. The lowest BCUT2D eigenvalue weighted by Gasteiger charge is -2.31. The van der Waals surface area contributed by atoms with Crippen LogP contribution in [-0.2, 0) is 4.79 Å². The second kappa shape index (κ2) is 10.0. The van der Waals surface area contributed by atoms with E-state index in [9.17, 15) is 9.18 Å². The van der Waals surface area contributed by atoms with Gasteiger partial charge in [0.1, 0.15) is 11.6 Å². The van der Waals surface area contributed by atoms with Gasteiger partial charge in [-0.2, -0.15) is 0 Å². The van der Waals surface area contributed by atoms with Crippen LogP contribution in [0.2, 0.25) is 0 Å². The third kappa shape index (κ3) is 5.15. The zero-order valence-corrected chi connectivity index (χ0v) is 19.9. The van der Waals surface area contributed by atoms with Gasteiger partial charge in [0.25, 0.3) is 0 Å². The average Bonchev–Trinajstić information content (AvgIpc) is 3.28. The summed E-state index contributed by atoms with van der Waals surface area (Å²) in [5.74, 6) is 1.38. The summed E-state index contributed by atoms with van der Waals surface area (Å²) in [5, 5.41) is 8.16. The van der Waals surface area contributed by atoms with E-state index in [2.05, 4.69) is 22.0 Å². The van der Waals surface area contributed by atoms with Gasteiger partial charge >= 0.3 is 0 Å². The Kier molecular flexibility index (Phi) is 6.68. The molecule has 1 N–H and O–H groups in total. The zero-order chi connectivity index (χ0) is 24.4. The monoisotopic (exact) mass is 475 g/mol. The molecule has 1 aromatic heterocycles. The van der Waals surface area contributed by atoms with Gasteiger partial charge in [-0.3, -0.25) is 4.79 Å². The number of carbonyl (C=O) groups excluding carboxylic acids is 1. The lowest BCUT2D eigenvalue weighted by Crippen LogP contribution is -2.35. The molecule has 0 spiro atoms. The van der Waals surface area contributed by atoms with Crippen molar-refractivity contribution in [1.82, 2.24) is 15.4 Å². The molecule has 2 fully saturated rings. The molecule has 2 heterocycles. The van der Waals surface area contributed by atoms with Gasteiger partial charge in [0.15, 0.2) is 5.58 Å². The van der Waals surface area contributed by atoms with Crippen molar-refractivity contribution in [3.8, 4) is 5.75 Å². The SMILES string of the molecule is C=C1[C@H](CNC(=O)/C=C/c2ccccc2OC)[C@H]1CN1CCC(c2noc3cc(F)ccc23)CC1. The fraction of sp³-hybridized carbons (Fsp3) is 0.357. The van der Waals surface area contributed by atoms with Gasteiger partial charge in [-0.1, -0.05) is 35.5 Å². The zero-order valence-electron chi connectivity index (χ0n) is 19.9. The molecular weight excluding hydrogens is 445 g/mol. The first kappa shape index (κ1) is 23.3. The number of piperidine rings is 1. The number of benzene rings is 2. The number of para-hydroxylation sites is 1. The number of amides is 1. The largest absolute Gasteiger partial charge is 0.496 e. The minimum absolute atomic E-state index is 0.116. The molecule has 2 atom stereocenters. The maximum absolute atomic E-state index is 13.4. The molecule has 0 unspecified atom stereocenters. The fourth-order valence-electron chi connectivity index (χ4n) is 5.09. The third-order valence-electron chi connectivity index (χ3n) is 7.27. The number of nitrogens with one attached hydrogen (secondary N) is 1. The van der Waals surface area contributed by atoms with Crippen LogP contribution < -0.4 is 10.1 Å². The Morgan fingerprint density at radius 2 is 2.06 bits per heavy atom. The van der Waals surface area contributed by atoms with E-state index in [1.165, 1.54) is 17.7 Å². The average molecular weight is 476 g/mol. The minimum Gasteiger partial charge on any atom is -0.496 e. The molecule has 1 aliphatic heterocycles. The molecular formula is C28H30FN3O3. The first-order valence-corrected chi connectivity index (χ1v) is 12.1. The smallest absolute Gasteiger partial charge is 0.244 e. The summed E-state index contributed by atoms with van der Waals surface area (Å²) in [6.07, 6.45) is 5.30. The van der Waals surface area contributed by atoms with E-state index in [4.69, 9.17) is 9.26 Å². The number of halogens is 1. The van der Waals surface area contributed by atoms with E-state index in [1.54, 1.807) is 25.3 Å². The van der Waals surface area contributed by atoms with Gasteiger partial charge in [0.2, 0.25) is 5.91 Å². The molecule has 5 rings (SSSR count). The number of likely N-dealkylation sites (tertiary alicyclic amines) is 1. The molecule has 1 saturated heterocycles. The van der Waals surface area contributed by atoms with Crippen molar-refractivity contribution in [3.63, 3.8) is 0 Å². The van der Waals surface area contributed by atoms with Crippen molar-refractivity contribution >= 4 is 23.0 Å². The third-order valence-corrected chi connectivity index (χ3v) is 7.27. The summed E-state index contributed by atoms with van der Waals surface area (Å²) in [4.78, 5) is 14.8. The number of carbonyl (C=O) groups is 1. The van der Waals surface area contributed by atoms with Crippen LogP contribution in [0.4, 0.5) is 4.39 Å². The Bertz CT molecular complexity index is 1260. The molecule has 1 amide bonds. The molecule has 0 radical (unpaired) electrons. The van der Waals surface area contributed by atoms with Gasteiger partial charge in [0, 0.05) is 53.9 Å². The van der Waals surface area contributed by atoms with Gasteiger partial charge < -0.3 is 19.5 Å². The Labute approximate surface area is 204 Å². The lowest BCUT2D eigenvalue weighted by molar-refractivity contribution is -0.116. The molecule has 7 heteroatoms. The van der Waals surface area contributed by atoms with E-state index in [-0.39, 0.29) is 11.7 Å². The predicted molar refractivity (Wildman–Crippen MR) is 134 cm³/mol. The Hall–Kier alpha value is -3.45. The van der Waals surface area contributed by atoms with Crippen LogP contribution in [0.5, 0.6) is 5.75 Å². The van der Waals surface area contributed by atoms with Crippen LogP contribution in [0.15, 0.2) is 65.2 Å². The standard InChI is InChI=1S/C28H30FN3O3/c1-18-23(16-30-27(33)10-7-19-5-3-4-6-25(19)34-2)24(18)17-32-13-11-20(12-14-32)28-22-9-8-21(29)15-26(22)35-31-28/h3-10,15,20,23-24H,1,11-14,16-17H2,2H3,(H,30,33)/b10-7+/t23-,24-/m0/s1. The van der Waals surface area contributed by atoms with E-state index < -0.39 is 0 Å². The van der Waals surface area contributed by atoms with Crippen molar-refractivity contribution < 1.29 is 18.4 Å². The second-order valence-corrected chi connectivity index (χ2v) is 9.39. The number of ether oxygens (including phenoxy) is 1. The van der Waals surface area contributed by atoms with Crippen LogP contribution >= 0.6 is 0 Å². The quantitative estimate of drug-likeness (QED) is 0.375. The molecule has 182 valence electrons. The molecule has 1 saturated carbocycles. The summed E-state index contributed by atoms with van der Waals surface area (Å²) >= 11 is 0. The number of hydrogen-bond acceptors (Lipinski definition) is 5. The predicted octanol–water partition coefficient (Wildman–Crippen LogP) is 4.79. The summed E-state index contributed by atoms with van der Waals surface area (Å²) in [6.45, 7) is 7.75. The van der Waals surface area contributed by atoms with Gasteiger partial charge in [-0.15, -0.1) is 0 Å². The normalized spacial score (nSPS) is 21.0. The van der Waals surface area contributed by atoms with Crippen molar-refractivity contribution in [2.75, 3.05) is 33.3 Å². The van der Waals surface area contributed by atoms with E-state index in [0.717, 1.165) is 54.9 Å². The Balaban J connectivity index is 1.07. The highest BCUT2D eigenvalue weighted by Crippen LogP contribution is 2.45. The van der Waals surface area contributed by atoms with Crippen molar-refractivity contribution in [2.45, 2.75) is 18.8 Å². The van der Waals surface area contributed by atoms with Crippen molar-refractivity contribution in [2.24, 2.45) is 11.8 Å². The maximum atomic E-state index is 13.4. The number of fused-ring (bicyclic) bond motifs is 1. The molecule has 6 nitrogen and oxygen atoms in total. The van der Waals surface area contributed by atoms with E-state index >= 15 is 0 Å². The van der Waals surface area contributed by atoms with Crippen LogP contribution in [0.3, 0.4) is 0 Å². The lowest BCUT2D eigenvalue weighted by atomic mass is 9.91. The van der Waals surface area contributed by atoms with Crippen molar-refractivity contribution in [3.05, 3.63) is 77.8 Å². The van der Waals surface area contributed by atoms with Gasteiger partial charge in [0.05, 0.1) is 12.8 Å². The van der Waals surface area contributed by atoms with Gasteiger partial charge in [-0.05, 0) is 50.2 Å².